The normalized spacial score (nSPS) is 14.4. The van der Waals surface area contributed by atoms with E-state index in [4.69, 9.17) is 0 Å². The number of nitrogens with zero attached hydrogens (tertiary/aromatic N) is 1. The number of benzene rings is 3. The Balaban J connectivity index is 1.56. The summed E-state index contributed by atoms with van der Waals surface area (Å²) in [4.78, 5) is 13.4. The van der Waals surface area contributed by atoms with Gasteiger partial charge >= 0.3 is 0 Å². The molecule has 35 heavy (non-hydrogen) atoms. The summed E-state index contributed by atoms with van der Waals surface area (Å²) in [6, 6.07) is 24.7. The molecule has 0 radical (unpaired) electrons. The minimum atomic E-state index is -3.90. The fourth-order valence-electron chi connectivity index (χ4n) is 4.37. The lowest BCUT2D eigenvalue weighted by Gasteiger charge is -2.26. The van der Waals surface area contributed by atoms with E-state index in [0.29, 0.717) is 23.0 Å². The first kappa shape index (κ1) is 25.3. The Morgan fingerprint density at radius 3 is 2.20 bits per heavy atom. The van der Waals surface area contributed by atoms with Crippen LogP contribution in [0.5, 0.6) is 0 Å². The van der Waals surface area contributed by atoms with Crippen molar-refractivity contribution < 1.29 is 13.2 Å². The number of rotatable bonds is 10. The Morgan fingerprint density at radius 2 is 1.49 bits per heavy atom. The topological polar surface area (TPSA) is 66.5 Å². The lowest BCUT2D eigenvalue weighted by Crippen LogP contribution is -2.34. The molecule has 1 aliphatic rings. The molecule has 0 aliphatic heterocycles. The van der Waals surface area contributed by atoms with Gasteiger partial charge in [-0.1, -0.05) is 79.9 Å². The quantitative estimate of drug-likeness (QED) is 0.348. The van der Waals surface area contributed by atoms with E-state index in [1.807, 2.05) is 42.1 Å². The Bertz CT molecular complexity index is 1200. The summed E-state index contributed by atoms with van der Waals surface area (Å²) in [6.45, 7) is 0.679. The van der Waals surface area contributed by atoms with E-state index in [9.17, 15) is 13.2 Å². The second-order valence-electron chi connectivity index (χ2n) is 8.71. The first-order valence-corrected chi connectivity index (χ1v) is 14.6. The van der Waals surface area contributed by atoms with Crippen LogP contribution in [0.1, 0.15) is 48.0 Å². The van der Waals surface area contributed by atoms with E-state index >= 15 is 0 Å². The number of anilines is 1. The van der Waals surface area contributed by atoms with Gasteiger partial charge in [-0.25, -0.2) is 8.42 Å². The van der Waals surface area contributed by atoms with Gasteiger partial charge in [-0.15, -0.1) is 0 Å². The Kier molecular flexibility index (Phi) is 8.88. The number of thioether (sulfide) groups is 1. The number of sulfonamides is 1. The van der Waals surface area contributed by atoms with Gasteiger partial charge < -0.3 is 5.32 Å². The third kappa shape index (κ3) is 6.67. The molecule has 4 rings (SSSR count). The predicted molar refractivity (Wildman–Crippen MR) is 144 cm³/mol. The molecule has 0 atom stereocenters. The molecule has 0 unspecified atom stereocenters. The van der Waals surface area contributed by atoms with Crippen LogP contribution in [-0.2, 0) is 16.6 Å². The van der Waals surface area contributed by atoms with Gasteiger partial charge in [0.25, 0.3) is 15.9 Å². The van der Waals surface area contributed by atoms with Crippen LogP contribution in [0.4, 0.5) is 5.69 Å². The molecule has 0 heterocycles. The molecular weight excluding hydrogens is 476 g/mol. The molecule has 3 aromatic carbocycles. The summed E-state index contributed by atoms with van der Waals surface area (Å²) in [5, 5.41) is 3.69. The molecule has 0 aromatic heterocycles. The van der Waals surface area contributed by atoms with Gasteiger partial charge in [0.15, 0.2) is 0 Å². The Morgan fingerprint density at radius 1 is 0.857 bits per heavy atom. The van der Waals surface area contributed by atoms with Crippen molar-refractivity contribution >= 4 is 33.4 Å². The number of amides is 1. The predicted octanol–water partition coefficient (Wildman–Crippen LogP) is 5.88. The van der Waals surface area contributed by atoms with E-state index in [-0.39, 0.29) is 17.3 Å². The number of para-hydroxylation sites is 1. The Hall–Kier alpha value is -2.77. The fraction of sp³-hybridized carbons (Fsp3) is 0.321. The number of hydrogen-bond acceptors (Lipinski definition) is 4. The molecule has 1 saturated carbocycles. The molecule has 7 heteroatoms. The maximum atomic E-state index is 13.7. The zero-order chi connectivity index (χ0) is 24.5. The van der Waals surface area contributed by atoms with Gasteiger partial charge in [-0.2, -0.15) is 11.8 Å². The fourth-order valence-corrected chi connectivity index (χ4v) is 7.08. The SMILES string of the molecule is O=C(NCCSC1CCCCC1)c1ccccc1N(Cc1ccccc1)S(=O)(=O)c1ccccc1. The van der Waals surface area contributed by atoms with Crippen molar-refractivity contribution in [2.24, 2.45) is 0 Å². The highest BCUT2D eigenvalue weighted by Gasteiger charge is 2.28. The number of carbonyl (C=O) groups excluding carboxylic acids is 1. The van der Waals surface area contributed by atoms with Crippen LogP contribution in [0.2, 0.25) is 0 Å². The van der Waals surface area contributed by atoms with Crippen LogP contribution in [0.3, 0.4) is 0 Å². The zero-order valence-electron chi connectivity index (χ0n) is 19.8. The van der Waals surface area contributed by atoms with Gasteiger partial charge in [-0.05, 0) is 42.7 Å². The van der Waals surface area contributed by atoms with Crippen molar-refractivity contribution in [3.63, 3.8) is 0 Å². The molecule has 5 nitrogen and oxygen atoms in total. The van der Waals surface area contributed by atoms with Gasteiger partial charge in [-0.3, -0.25) is 9.10 Å². The third-order valence-electron chi connectivity index (χ3n) is 6.21. The summed E-state index contributed by atoms with van der Waals surface area (Å²) in [6.07, 6.45) is 6.44. The standard InChI is InChI=1S/C28H32N2O3S2/c31-28(29-20-21-34-24-14-6-2-7-15-24)26-18-10-11-19-27(26)30(22-23-12-4-1-5-13-23)35(32,33)25-16-8-3-9-17-25/h1,3-5,8-13,16-19,24H,2,6-7,14-15,20-22H2,(H,29,31). The molecule has 0 spiro atoms. The second-order valence-corrected chi connectivity index (χ2v) is 12.0. The third-order valence-corrected chi connectivity index (χ3v) is 9.37. The van der Waals surface area contributed by atoms with Crippen molar-refractivity contribution in [1.29, 1.82) is 0 Å². The molecule has 1 N–H and O–H groups in total. The van der Waals surface area contributed by atoms with E-state index < -0.39 is 10.0 Å². The summed E-state index contributed by atoms with van der Waals surface area (Å²) < 4.78 is 28.8. The van der Waals surface area contributed by atoms with Crippen LogP contribution in [-0.4, -0.2) is 31.9 Å². The van der Waals surface area contributed by atoms with Crippen LogP contribution >= 0.6 is 11.8 Å². The van der Waals surface area contributed by atoms with E-state index in [0.717, 1.165) is 11.3 Å². The average molecular weight is 509 g/mol. The minimum Gasteiger partial charge on any atom is -0.351 e. The molecule has 0 saturated heterocycles. The molecule has 1 fully saturated rings. The van der Waals surface area contributed by atoms with Gasteiger partial charge in [0.2, 0.25) is 0 Å². The number of hydrogen-bond donors (Lipinski definition) is 1. The van der Waals surface area contributed by atoms with E-state index in [1.54, 1.807) is 54.6 Å². The zero-order valence-corrected chi connectivity index (χ0v) is 21.4. The molecule has 184 valence electrons. The highest BCUT2D eigenvalue weighted by molar-refractivity contribution is 7.99. The molecule has 3 aromatic rings. The maximum Gasteiger partial charge on any atom is 0.264 e. The lowest BCUT2D eigenvalue weighted by molar-refractivity contribution is 0.0957. The number of nitrogens with one attached hydrogen (secondary N) is 1. The van der Waals surface area contributed by atoms with Crippen molar-refractivity contribution in [2.75, 3.05) is 16.6 Å². The van der Waals surface area contributed by atoms with Crippen molar-refractivity contribution in [3.05, 3.63) is 96.1 Å². The van der Waals surface area contributed by atoms with Gasteiger partial charge in [0.1, 0.15) is 0 Å². The molecule has 0 bridgehead atoms. The highest BCUT2D eigenvalue weighted by Crippen LogP contribution is 2.30. The van der Waals surface area contributed by atoms with E-state index in [1.165, 1.54) is 36.4 Å². The van der Waals surface area contributed by atoms with Crippen molar-refractivity contribution in [1.82, 2.24) is 5.32 Å². The first-order valence-electron chi connectivity index (χ1n) is 12.2. The van der Waals surface area contributed by atoms with Crippen LogP contribution in [0, 0.1) is 0 Å². The first-order chi connectivity index (χ1) is 17.1. The van der Waals surface area contributed by atoms with Crippen molar-refractivity contribution in [3.8, 4) is 0 Å². The van der Waals surface area contributed by atoms with Crippen LogP contribution in [0.25, 0.3) is 0 Å². The van der Waals surface area contributed by atoms with E-state index in [2.05, 4.69) is 5.32 Å². The molecule has 1 aliphatic carbocycles. The maximum absolute atomic E-state index is 13.7. The lowest BCUT2D eigenvalue weighted by atomic mass is 10.0. The second kappa shape index (κ2) is 12.3. The summed E-state index contributed by atoms with van der Waals surface area (Å²) >= 11 is 1.93. The van der Waals surface area contributed by atoms with Crippen LogP contribution in [0.15, 0.2) is 89.8 Å². The largest absolute Gasteiger partial charge is 0.351 e. The number of carbonyl (C=O) groups is 1. The summed E-state index contributed by atoms with van der Waals surface area (Å²) in [5.41, 5.74) is 1.56. The van der Waals surface area contributed by atoms with Crippen molar-refractivity contribution in [2.45, 2.75) is 48.8 Å². The summed E-state index contributed by atoms with van der Waals surface area (Å²) in [7, 11) is -3.90. The summed E-state index contributed by atoms with van der Waals surface area (Å²) in [5.74, 6) is 0.598. The minimum absolute atomic E-state index is 0.125. The smallest absolute Gasteiger partial charge is 0.264 e. The van der Waals surface area contributed by atoms with Crippen LogP contribution < -0.4 is 9.62 Å². The Labute approximate surface area is 213 Å². The average Bonchev–Trinajstić information content (AvgIpc) is 2.91. The van der Waals surface area contributed by atoms with Gasteiger partial charge in [0, 0.05) is 17.5 Å². The molecule has 1 amide bonds. The molecular formula is C28H32N2O3S2. The highest BCUT2D eigenvalue weighted by atomic mass is 32.2. The monoisotopic (exact) mass is 508 g/mol. The van der Waals surface area contributed by atoms with Gasteiger partial charge in [0.05, 0.1) is 22.7 Å².